The molecule has 0 aromatic rings. The number of carbonyl (C=O) groups is 3. The lowest BCUT2D eigenvalue weighted by molar-refractivity contribution is -0.143. The summed E-state index contributed by atoms with van der Waals surface area (Å²) < 4.78 is 0. The number of hydrazine groups is 1. The van der Waals surface area contributed by atoms with Crippen molar-refractivity contribution in [1.82, 2.24) is 10.4 Å². The zero-order valence-electron chi connectivity index (χ0n) is 11.0. The lowest BCUT2D eigenvalue weighted by Crippen LogP contribution is -2.45. The highest BCUT2D eigenvalue weighted by molar-refractivity contribution is 6.16. The van der Waals surface area contributed by atoms with Crippen molar-refractivity contribution in [3.63, 3.8) is 0 Å². The maximum Gasteiger partial charge on any atom is 0.255 e. The van der Waals surface area contributed by atoms with E-state index in [1.54, 1.807) is 6.92 Å². The van der Waals surface area contributed by atoms with Crippen LogP contribution in [0.15, 0.2) is 0 Å². The maximum atomic E-state index is 12.1. The molecule has 0 saturated carbocycles. The Morgan fingerprint density at radius 3 is 2.17 bits per heavy atom. The van der Waals surface area contributed by atoms with Crippen molar-refractivity contribution in [2.75, 3.05) is 7.05 Å². The van der Waals surface area contributed by atoms with Gasteiger partial charge >= 0.3 is 0 Å². The summed E-state index contributed by atoms with van der Waals surface area (Å²) in [5.41, 5.74) is 8.23. The first-order valence-electron chi connectivity index (χ1n) is 5.67. The van der Waals surface area contributed by atoms with Gasteiger partial charge in [-0.1, -0.05) is 20.8 Å². The molecule has 0 unspecified atom stereocenters. The fraction of sp³-hybridized carbons (Fsp3) is 0.727. The van der Waals surface area contributed by atoms with Gasteiger partial charge in [0, 0.05) is 7.05 Å². The quantitative estimate of drug-likeness (QED) is 0.544. The average Bonchev–Trinajstić information content (AvgIpc) is 2.48. The van der Waals surface area contributed by atoms with Gasteiger partial charge in [0.1, 0.15) is 5.92 Å². The number of ketones is 1. The van der Waals surface area contributed by atoms with Gasteiger partial charge in [0.05, 0.1) is 12.0 Å². The third-order valence-electron chi connectivity index (χ3n) is 3.17. The molecule has 104 valence electrons. The van der Waals surface area contributed by atoms with Gasteiger partial charge in [0.25, 0.3) is 5.91 Å². The maximum absolute atomic E-state index is 12.1. The largest absolute Gasteiger partial charge is 0.321 e. The Balaban J connectivity index is 0.00000289. The van der Waals surface area contributed by atoms with E-state index in [9.17, 15) is 14.4 Å². The van der Waals surface area contributed by atoms with E-state index in [1.165, 1.54) is 7.05 Å². The summed E-state index contributed by atoms with van der Waals surface area (Å²) in [7, 11) is 1.47. The Labute approximate surface area is 113 Å². The van der Waals surface area contributed by atoms with Crippen molar-refractivity contribution in [3.05, 3.63) is 0 Å². The van der Waals surface area contributed by atoms with Crippen LogP contribution in [0.5, 0.6) is 0 Å². The van der Waals surface area contributed by atoms with Crippen LogP contribution >= 0.6 is 12.4 Å². The van der Waals surface area contributed by atoms with E-state index in [4.69, 9.17) is 5.73 Å². The first-order valence-corrected chi connectivity index (χ1v) is 5.67. The van der Waals surface area contributed by atoms with Crippen molar-refractivity contribution in [2.24, 2.45) is 23.5 Å². The molecule has 1 aliphatic rings. The monoisotopic (exact) mass is 277 g/mol. The summed E-state index contributed by atoms with van der Waals surface area (Å²) in [5.74, 6) is -2.90. The molecule has 7 heteroatoms. The Morgan fingerprint density at radius 2 is 1.83 bits per heavy atom. The standard InChI is InChI=1S/C11H19N3O3.ClH/c1-5(2)8(12)9(15)7-6(3)10(16)14(13-4)11(7)17;/h5-8,13H,12H2,1-4H3;1H/t6-,7+,8-;/m0./s1. The van der Waals surface area contributed by atoms with E-state index < -0.39 is 23.8 Å². The number of halogens is 1. The summed E-state index contributed by atoms with van der Waals surface area (Å²) in [6.07, 6.45) is 0. The van der Waals surface area contributed by atoms with Crippen molar-refractivity contribution in [1.29, 1.82) is 0 Å². The summed E-state index contributed by atoms with van der Waals surface area (Å²) in [5, 5.41) is 0.889. The molecule has 3 atom stereocenters. The second-order valence-electron chi connectivity index (χ2n) is 4.67. The first kappa shape index (κ1) is 17.0. The third kappa shape index (κ3) is 2.71. The van der Waals surface area contributed by atoms with E-state index in [0.29, 0.717) is 0 Å². The van der Waals surface area contributed by atoms with Gasteiger partial charge in [-0.05, 0) is 5.92 Å². The van der Waals surface area contributed by atoms with Gasteiger partial charge in [0.15, 0.2) is 5.78 Å². The summed E-state index contributed by atoms with van der Waals surface area (Å²) >= 11 is 0. The second kappa shape index (κ2) is 6.26. The minimum Gasteiger partial charge on any atom is -0.321 e. The summed E-state index contributed by atoms with van der Waals surface area (Å²) in [4.78, 5) is 35.7. The van der Waals surface area contributed by atoms with Gasteiger partial charge in [-0.3, -0.25) is 14.4 Å². The highest BCUT2D eigenvalue weighted by Crippen LogP contribution is 2.27. The van der Waals surface area contributed by atoms with Crippen LogP contribution in [0.4, 0.5) is 0 Å². The normalized spacial score (nSPS) is 25.3. The van der Waals surface area contributed by atoms with Gasteiger partial charge in [0.2, 0.25) is 5.91 Å². The molecule has 1 heterocycles. The molecular weight excluding hydrogens is 258 g/mol. The average molecular weight is 278 g/mol. The number of nitrogens with two attached hydrogens (primary N) is 1. The van der Waals surface area contributed by atoms with Gasteiger partial charge in [-0.2, -0.15) is 0 Å². The van der Waals surface area contributed by atoms with Gasteiger partial charge < -0.3 is 5.73 Å². The molecule has 0 radical (unpaired) electrons. The lowest BCUT2D eigenvalue weighted by atomic mass is 9.85. The van der Waals surface area contributed by atoms with Crippen molar-refractivity contribution < 1.29 is 14.4 Å². The number of Topliss-reactive ketones (excluding diaryl/α,β-unsaturated/α-hetero) is 1. The molecule has 1 aliphatic heterocycles. The van der Waals surface area contributed by atoms with Crippen LogP contribution in [0, 0.1) is 17.8 Å². The molecule has 1 fully saturated rings. The van der Waals surface area contributed by atoms with Crippen LogP contribution in [-0.2, 0) is 14.4 Å². The zero-order valence-corrected chi connectivity index (χ0v) is 11.8. The molecule has 0 bridgehead atoms. The number of carbonyl (C=O) groups excluding carboxylic acids is 3. The first-order chi connectivity index (χ1) is 7.82. The SMILES string of the molecule is CNN1C(=O)[C@@H](C(=O)[C@@H](N)C(C)C)[C@H](C)C1=O.Cl. The van der Waals surface area contributed by atoms with Crippen LogP contribution in [0.3, 0.4) is 0 Å². The Morgan fingerprint density at radius 1 is 1.33 bits per heavy atom. The zero-order chi connectivity index (χ0) is 13.3. The molecule has 0 aromatic carbocycles. The predicted octanol–water partition coefficient (Wildman–Crippen LogP) is -0.284. The van der Waals surface area contributed by atoms with Crippen LogP contribution in [0.2, 0.25) is 0 Å². The molecular formula is C11H20ClN3O3. The molecule has 1 rings (SSSR count). The fourth-order valence-corrected chi connectivity index (χ4v) is 1.93. The molecule has 6 nitrogen and oxygen atoms in total. The number of nitrogens with one attached hydrogen (secondary N) is 1. The molecule has 18 heavy (non-hydrogen) atoms. The number of nitrogens with zero attached hydrogens (tertiary/aromatic N) is 1. The highest BCUT2D eigenvalue weighted by atomic mass is 35.5. The van der Waals surface area contributed by atoms with Crippen molar-refractivity contribution in [2.45, 2.75) is 26.8 Å². The molecule has 1 saturated heterocycles. The van der Waals surface area contributed by atoms with Gasteiger partial charge in [-0.15, -0.1) is 12.4 Å². The van der Waals surface area contributed by atoms with E-state index in [2.05, 4.69) is 5.43 Å². The smallest absolute Gasteiger partial charge is 0.255 e. The predicted molar refractivity (Wildman–Crippen MR) is 68.6 cm³/mol. The Bertz CT molecular complexity index is 359. The van der Waals surface area contributed by atoms with Gasteiger partial charge in [-0.25, -0.2) is 10.4 Å². The topological polar surface area (TPSA) is 92.5 Å². The number of imide groups is 1. The number of hydrogen-bond donors (Lipinski definition) is 2. The minimum atomic E-state index is -0.952. The molecule has 3 N–H and O–H groups in total. The number of rotatable bonds is 4. The van der Waals surface area contributed by atoms with E-state index >= 15 is 0 Å². The van der Waals surface area contributed by atoms with Crippen LogP contribution in [0.1, 0.15) is 20.8 Å². The Hall–Kier alpha value is -0.980. The number of amides is 2. The van der Waals surface area contributed by atoms with Crippen LogP contribution < -0.4 is 11.2 Å². The fourth-order valence-electron chi connectivity index (χ4n) is 1.93. The van der Waals surface area contributed by atoms with E-state index in [0.717, 1.165) is 5.01 Å². The van der Waals surface area contributed by atoms with Crippen molar-refractivity contribution in [3.8, 4) is 0 Å². The highest BCUT2D eigenvalue weighted by Gasteiger charge is 2.49. The molecule has 2 amide bonds. The molecule has 0 aromatic heterocycles. The second-order valence-corrected chi connectivity index (χ2v) is 4.67. The van der Waals surface area contributed by atoms with E-state index in [-0.39, 0.29) is 30.0 Å². The Kier molecular flexibility index (Phi) is 5.92. The summed E-state index contributed by atoms with van der Waals surface area (Å²) in [6, 6.07) is -0.712. The molecule has 0 spiro atoms. The van der Waals surface area contributed by atoms with E-state index in [1.807, 2.05) is 13.8 Å². The third-order valence-corrected chi connectivity index (χ3v) is 3.17. The lowest BCUT2D eigenvalue weighted by Gasteiger charge is -2.19. The minimum absolute atomic E-state index is 0. The molecule has 0 aliphatic carbocycles. The van der Waals surface area contributed by atoms with Crippen LogP contribution in [0.25, 0.3) is 0 Å². The van der Waals surface area contributed by atoms with Crippen molar-refractivity contribution >= 4 is 30.0 Å². The van der Waals surface area contributed by atoms with Crippen LogP contribution in [-0.4, -0.2) is 35.7 Å². The summed E-state index contributed by atoms with van der Waals surface area (Å²) in [6.45, 7) is 5.20. The number of hydrogen-bond acceptors (Lipinski definition) is 5.